The van der Waals surface area contributed by atoms with E-state index in [-0.39, 0.29) is 11.9 Å². The number of benzene rings is 1. The quantitative estimate of drug-likeness (QED) is 0.442. The molecule has 30 heavy (non-hydrogen) atoms. The molecule has 0 aliphatic heterocycles. The van der Waals surface area contributed by atoms with E-state index in [1.54, 1.807) is 10.9 Å². The Kier molecular flexibility index (Phi) is 5.24. The van der Waals surface area contributed by atoms with Gasteiger partial charge in [0.15, 0.2) is 0 Å². The minimum absolute atomic E-state index is 0.0284. The predicted molar refractivity (Wildman–Crippen MR) is 122 cm³/mol. The fourth-order valence-electron chi connectivity index (χ4n) is 3.70. The number of nitrogens with zero attached hydrogens (tertiary/aromatic N) is 3. The average molecular weight is 439 g/mol. The maximum Gasteiger partial charge on any atom is 0.232 e. The lowest BCUT2D eigenvalue weighted by atomic mass is 10.00. The summed E-state index contributed by atoms with van der Waals surface area (Å²) in [4.78, 5) is 5.65. The lowest BCUT2D eigenvalue weighted by molar-refractivity contribution is 0.269. The number of anilines is 1. The molecule has 1 atom stereocenters. The van der Waals surface area contributed by atoms with Crippen LogP contribution in [0.4, 0.5) is 5.69 Å². The lowest BCUT2D eigenvalue weighted by Crippen LogP contribution is -2.28. The van der Waals surface area contributed by atoms with Crippen molar-refractivity contribution in [3.63, 3.8) is 0 Å². The molecule has 5 rings (SSSR count). The number of thiophene rings is 1. The van der Waals surface area contributed by atoms with E-state index in [0.717, 1.165) is 56.1 Å². The first-order chi connectivity index (χ1) is 14.7. The van der Waals surface area contributed by atoms with Gasteiger partial charge in [0.2, 0.25) is 4.21 Å². The van der Waals surface area contributed by atoms with Crippen molar-refractivity contribution in [2.24, 2.45) is 0 Å². The van der Waals surface area contributed by atoms with Crippen LogP contribution in [0.15, 0.2) is 53.0 Å². The van der Waals surface area contributed by atoms with Gasteiger partial charge in [0.1, 0.15) is 15.8 Å². The third kappa shape index (κ3) is 3.39. The predicted octanol–water partition coefficient (Wildman–Crippen LogP) is 4.06. The molecule has 3 aromatic heterocycles. The SMILES string of the molecule is Nc1c([S+]([O-])C2CCC2)sc2nc(-c3cnn(CCO)c3)cc(-c3ccccc3)c12. The molecule has 1 aliphatic rings. The van der Waals surface area contributed by atoms with Crippen molar-refractivity contribution < 1.29 is 9.66 Å². The molecule has 0 amide bonds. The minimum Gasteiger partial charge on any atom is -0.611 e. The number of nitrogens with two attached hydrogens (primary N) is 1. The van der Waals surface area contributed by atoms with Gasteiger partial charge in [-0.2, -0.15) is 5.10 Å². The zero-order chi connectivity index (χ0) is 20.7. The number of aliphatic hydroxyl groups excluding tert-OH is 1. The molecule has 6 nitrogen and oxygen atoms in total. The molecule has 8 heteroatoms. The van der Waals surface area contributed by atoms with Crippen LogP contribution in [-0.4, -0.2) is 36.3 Å². The van der Waals surface area contributed by atoms with Crippen LogP contribution >= 0.6 is 11.3 Å². The molecule has 1 saturated carbocycles. The summed E-state index contributed by atoms with van der Waals surface area (Å²) in [6, 6.07) is 12.1. The number of fused-ring (bicyclic) bond motifs is 1. The number of pyridine rings is 1. The van der Waals surface area contributed by atoms with Gasteiger partial charge in [-0.15, -0.1) is 0 Å². The fourth-order valence-corrected chi connectivity index (χ4v) is 6.91. The Labute approximate surface area is 181 Å². The highest BCUT2D eigenvalue weighted by molar-refractivity contribution is 7.94. The minimum atomic E-state index is -1.09. The van der Waals surface area contributed by atoms with E-state index in [9.17, 15) is 9.66 Å². The average Bonchev–Trinajstić information content (AvgIpc) is 3.32. The summed E-state index contributed by atoms with van der Waals surface area (Å²) >= 11 is 0.350. The highest BCUT2D eigenvalue weighted by Crippen LogP contribution is 2.45. The molecule has 1 aliphatic carbocycles. The molecule has 3 N–H and O–H groups in total. The summed E-state index contributed by atoms with van der Waals surface area (Å²) in [5, 5.41) is 14.6. The van der Waals surface area contributed by atoms with Gasteiger partial charge in [0.05, 0.1) is 25.0 Å². The van der Waals surface area contributed by atoms with Crippen molar-refractivity contribution >= 4 is 38.4 Å². The van der Waals surface area contributed by atoms with Crippen LogP contribution < -0.4 is 5.73 Å². The maximum absolute atomic E-state index is 13.1. The van der Waals surface area contributed by atoms with Gasteiger partial charge in [-0.1, -0.05) is 41.7 Å². The van der Waals surface area contributed by atoms with Gasteiger partial charge in [-0.25, -0.2) is 4.98 Å². The molecule has 1 unspecified atom stereocenters. The van der Waals surface area contributed by atoms with E-state index in [1.165, 1.54) is 11.3 Å². The summed E-state index contributed by atoms with van der Waals surface area (Å²) in [6.45, 7) is 0.463. The number of hydrogen-bond donors (Lipinski definition) is 2. The monoisotopic (exact) mass is 438 g/mol. The zero-order valence-electron chi connectivity index (χ0n) is 16.3. The molecule has 154 valence electrons. The van der Waals surface area contributed by atoms with E-state index >= 15 is 0 Å². The summed E-state index contributed by atoms with van der Waals surface area (Å²) in [6.07, 6.45) is 6.76. The normalized spacial score (nSPS) is 15.4. The third-order valence-corrected chi connectivity index (χ3v) is 8.84. The lowest BCUT2D eigenvalue weighted by Gasteiger charge is -2.27. The Bertz CT molecular complexity index is 1180. The standard InChI is InChI=1S/C22H22N4O2S2/c23-20-19-17(14-5-2-1-3-6-14)11-18(15-12-24-26(13-15)9-10-27)25-21(19)29-22(20)30(28)16-7-4-8-16/h1-3,5-6,11-13,16,27H,4,7-10,23H2. The molecule has 4 aromatic rings. The van der Waals surface area contributed by atoms with Crippen molar-refractivity contribution in [3.8, 4) is 22.4 Å². The molecule has 1 fully saturated rings. The fraction of sp³-hybridized carbons (Fsp3) is 0.273. The van der Waals surface area contributed by atoms with Gasteiger partial charge >= 0.3 is 0 Å². The van der Waals surface area contributed by atoms with E-state index in [2.05, 4.69) is 5.10 Å². The largest absolute Gasteiger partial charge is 0.611 e. The Morgan fingerprint density at radius 2 is 2.03 bits per heavy atom. The number of nitrogen functional groups attached to an aromatic ring is 1. The summed E-state index contributed by atoms with van der Waals surface area (Å²) < 4.78 is 15.5. The van der Waals surface area contributed by atoms with Crippen molar-refractivity contribution in [1.29, 1.82) is 0 Å². The number of hydrogen-bond acceptors (Lipinski definition) is 6. The number of rotatable bonds is 6. The van der Waals surface area contributed by atoms with Crippen LogP contribution in [0.1, 0.15) is 19.3 Å². The Morgan fingerprint density at radius 1 is 1.23 bits per heavy atom. The van der Waals surface area contributed by atoms with Crippen molar-refractivity contribution in [2.45, 2.75) is 35.3 Å². The van der Waals surface area contributed by atoms with Gasteiger partial charge in [-0.3, -0.25) is 4.68 Å². The Balaban J connectivity index is 1.69. The highest BCUT2D eigenvalue weighted by Gasteiger charge is 2.35. The molecule has 3 heterocycles. The molecular formula is C22H22N4O2S2. The van der Waals surface area contributed by atoms with Gasteiger partial charge in [0, 0.05) is 28.3 Å². The topological polar surface area (TPSA) is 100 Å². The first-order valence-corrected chi connectivity index (χ1v) is 12.0. The third-order valence-electron chi connectivity index (χ3n) is 5.55. The molecule has 0 bridgehead atoms. The summed E-state index contributed by atoms with van der Waals surface area (Å²) in [7, 11) is 0. The van der Waals surface area contributed by atoms with Crippen LogP contribution in [0.3, 0.4) is 0 Å². The number of aromatic nitrogens is 3. The van der Waals surface area contributed by atoms with Gasteiger partial charge < -0.3 is 15.4 Å². The van der Waals surface area contributed by atoms with Crippen LogP contribution in [0.2, 0.25) is 0 Å². The highest BCUT2D eigenvalue weighted by atomic mass is 32.2. The first kappa shape index (κ1) is 19.6. The van der Waals surface area contributed by atoms with Crippen LogP contribution in [0.5, 0.6) is 0 Å². The van der Waals surface area contributed by atoms with Crippen LogP contribution in [0.25, 0.3) is 32.6 Å². The number of aliphatic hydroxyl groups is 1. The van der Waals surface area contributed by atoms with Crippen molar-refractivity contribution in [3.05, 3.63) is 48.8 Å². The second-order valence-corrected chi connectivity index (χ2v) is 10.4. The first-order valence-electron chi connectivity index (χ1n) is 9.98. The summed E-state index contributed by atoms with van der Waals surface area (Å²) in [5.74, 6) is 0. The van der Waals surface area contributed by atoms with Gasteiger partial charge in [-0.05, 0) is 36.5 Å². The van der Waals surface area contributed by atoms with Crippen LogP contribution in [-0.2, 0) is 17.7 Å². The van der Waals surface area contributed by atoms with E-state index in [4.69, 9.17) is 10.7 Å². The smallest absolute Gasteiger partial charge is 0.232 e. The van der Waals surface area contributed by atoms with E-state index in [0.29, 0.717) is 12.2 Å². The maximum atomic E-state index is 13.1. The molecule has 0 saturated heterocycles. The zero-order valence-corrected chi connectivity index (χ0v) is 18.0. The molecule has 0 spiro atoms. The van der Waals surface area contributed by atoms with Crippen molar-refractivity contribution in [1.82, 2.24) is 14.8 Å². The molecule has 1 aromatic carbocycles. The second kappa shape index (κ2) is 8.03. The van der Waals surface area contributed by atoms with E-state index in [1.807, 2.05) is 42.6 Å². The summed E-state index contributed by atoms with van der Waals surface area (Å²) in [5.41, 5.74) is 10.8. The van der Waals surface area contributed by atoms with E-state index < -0.39 is 11.2 Å². The molecular weight excluding hydrogens is 416 g/mol. The van der Waals surface area contributed by atoms with Crippen LogP contribution in [0, 0.1) is 0 Å². The molecule has 0 radical (unpaired) electrons. The second-order valence-electron chi connectivity index (χ2n) is 7.47. The van der Waals surface area contributed by atoms with Crippen molar-refractivity contribution in [2.75, 3.05) is 12.3 Å². The van der Waals surface area contributed by atoms with Gasteiger partial charge in [0.25, 0.3) is 0 Å². The Morgan fingerprint density at radius 3 is 2.73 bits per heavy atom. The Hall–Kier alpha value is -2.39.